The van der Waals surface area contributed by atoms with Crippen molar-refractivity contribution in [2.75, 3.05) is 0 Å². The Kier molecular flexibility index (Phi) is 4.05. The maximum Gasteiger partial charge on any atom is 0.108 e. The number of rotatable bonds is 3. The fourth-order valence-electron chi connectivity index (χ4n) is 2.44. The van der Waals surface area contributed by atoms with Crippen LogP contribution in [0.4, 0.5) is 0 Å². The molecular weight excluding hydrogens is 321 g/mol. The molecule has 3 rings (SSSR count). The molecule has 0 unspecified atom stereocenters. The van der Waals surface area contributed by atoms with Gasteiger partial charge in [0.15, 0.2) is 0 Å². The van der Waals surface area contributed by atoms with Crippen LogP contribution in [-0.4, -0.2) is 20.5 Å². The summed E-state index contributed by atoms with van der Waals surface area (Å²) in [5.41, 5.74) is 2.98. The summed E-state index contributed by atoms with van der Waals surface area (Å²) >= 11 is 12.1. The topological polar surface area (TPSA) is 50.4 Å². The zero-order valence-electron chi connectivity index (χ0n) is 11.8. The van der Waals surface area contributed by atoms with Crippen molar-refractivity contribution in [2.45, 2.75) is 13.5 Å². The molecule has 0 aliphatic rings. The Morgan fingerprint density at radius 3 is 2.73 bits per heavy atom. The van der Waals surface area contributed by atoms with E-state index in [1.165, 1.54) is 0 Å². The molecule has 22 heavy (non-hydrogen) atoms. The molecule has 0 atom stereocenters. The fraction of sp³-hybridized carbons (Fsp3) is 0.125. The third-order valence-electron chi connectivity index (χ3n) is 3.52. The molecule has 0 bridgehead atoms. The molecule has 4 nitrogen and oxygen atoms in total. The Morgan fingerprint density at radius 1 is 1.23 bits per heavy atom. The van der Waals surface area contributed by atoms with E-state index in [0.717, 1.165) is 16.9 Å². The van der Waals surface area contributed by atoms with Crippen molar-refractivity contribution in [2.24, 2.45) is 5.16 Å². The first-order valence-electron chi connectivity index (χ1n) is 6.68. The van der Waals surface area contributed by atoms with Gasteiger partial charge in [0.2, 0.25) is 0 Å². The molecule has 1 aromatic heterocycles. The second-order valence-electron chi connectivity index (χ2n) is 4.90. The molecule has 1 N–H and O–H groups in total. The second-order valence-corrected chi connectivity index (χ2v) is 5.75. The van der Waals surface area contributed by atoms with Gasteiger partial charge in [0.25, 0.3) is 0 Å². The lowest BCUT2D eigenvalue weighted by Crippen LogP contribution is -2.13. The van der Waals surface area contributed by atoms with Gasteiger partial charge in [-0.2, -0.15) is 0 Å². The van der Waals surface area contributed by atoms with E-state index in [9.17, 15) is 5.21 Å². The molecule has 0 fully saturated rings. The van der Waals surface area contributed by atoms with Gasteiger partial charge in [0.05, 0.1) is 22.6 Å². The Balaban J connectivity index is 2.04. The van der Waals surface area contributed by atoms with Crippen LogP contribution in [0.5, 0.6) is 0 Å². The fourth-order valence-corrected chi connectivity index (χ4v) is 2.96. The minimum Gasteiger partial charge on any atom is -0.411 e. The number of hydrogen-bond acceptors (Lipinski definition) is 3. The van der Waals surface area contributed by atoms with Crippen LogP contribution in [0.3, 0.4) is 0 Å². The molecule has 0 aliphatic carbocycles. The number of fused-ring (bicyclic) bond motifs is 1. The number of nitrogens with zero attached hydrogens (tertiary/aromatic N) is 3. The van der Waals surface area contributed by atoms with Crippen LogP contribution in [0.1, 0.15) is 11.4 Å². The van der Waals surface area contributed by atoms with Crippen molar-refractivity contribution < 1.29 is 5.21 Å². The van der Waals surface area contributed by atoms with Gasteiger partial charge in [0, 0.05) is 10.6 Å². The van der Waals surface area contributed by atoms with E-state index < -0.39 is 0 Å². The van der Waals surface area contributed by atoms with Crippen LogP contribution in [-0.2, 0) is 6.54 Å². The molecule has 0 spiro atoms. The van der Waals surface area contributed by atoms with Crippen LogP contribution >= 0.6 is 23.2 Å². The maximum absolute atomic E-state index is 9.40. The lowest BCUT2D eigenvalue weighted by molar-refractivity contribution is 0.317. The first kappa shape index (κ1) is 14.9. The Hall–Kier alpha value is -2.04. The molecule has 3 aromatic rings. The average Bonchev–Trinajstić information content (AvgIpc) is 2.81. The summed E-state index contributed by atoms with van der Waals surface area (Å²) in [6, 6.07) is 12.9. The first-order chi connectivity index (χ1) is 10.6. The predicted octanol–water partition coefficient (Wildman–Crippen LogP) is 4.53. The summed E-state index contributed by atoms with van der Waals surface area (Å²) in [5.74, 6) is 0.840. The number of imidazole rings is 1. The normalized spacial score (nSPS) is 12.0. The number of para-hydroxylation sites is 2. The molecule has 0 radical (unpaired) electrons. The van der Waals surface area contributed by atoms with Gasteiger partial charge in [-0.3, -0.25) is 0 Å². The van der Waals surface area contributed by atoms with Crippen molar-refractivity contribution >= 4 is 39.9 Å². The summed E-state index contributed by atoms with van der Waals surface area (Å²) in [4.78, 5) is 4.50. The zero-order chi connectivity index (χ0) is 15.7. The van der Waals surface area contributed by atoms with E-state index in [2.05, 4.69) is 10.1 Å². The average molecular weight is 334 g/mol. The SMILES string of the molecule is Cc1nc2ccccc2n1CC(=NO)c1ccc(Cl)cc1Cl. The van der Waals surface area contributed by atoms with Crippen molar-refractivity contribution in [3.05, 3.63) is 63.9 Å². The standard InChI is InChI=1S/C16H13Cl2N3O/c1-10-19-14-4-2-3-5-16(14)21(10)9-15(20-22)12-7-6-11(17)8-13(12)18/h2-8,22H,9H2,1H3. The summed E-state index contributed by atoms with van der Waals surface area (Å²) < 4.78 is 1.98. The van der Waals surface area contributed by atoms with Gasteiger partial charge >= 0.3 is 0 Å². The van der Waals surface area contributed by atoms with Crippen molar-refractivity contribution in [3.8, 4) is 0 Å². The van der Waals surface area contributed by atoms with Crippen LogP contribution < -0.4 is 0 Å². The van der Waals surface area contributed by atoms with Crippen LogP contribution in [0, 0.1) is 6.92 Å². The Morgan fingerprint density at radius 2 is 2.00 bits per heavy atom. The number of oxime groups is 1. The summed E-state index contributed by atoms with van der Waals surface area (Å²) in [7, 11) is 0. The molecule has 0 saturated heterocycles. The van der Waals surface area contributed by atoms with Gasteiger partial charge in [-0.05, 0) is 37.3 Å². The zero-order valence-corrected chi connectivity index (χ0v) is 13.3. The smallest absolute Gasteiger partial charge is 0.108 e. The van der Waals surface area contributed by atoms with Gasteiger partial charge < -0.3 is 9.77 Å². The van der Waals surface area contributed by atoms with Crippen molar-refractivity contribution in [1.29, 1.82) is 0 Å². The van der Waals surface area contributed by atoms with Gasteiger partial charge in [-0.15, -0.1) is 0 Å². The first-order valence-corrected chi connectivity index (χ1v) is 7.44. The van der Waals surface area contributed by atoms with E-state index >= 15 is 0 Å². The summed E-state index contributed by atoms with van der Waals surface area (Å²) in [5, 5.41) is 13.8. The number of benzene rings is 2. The van der Waals surface area contributed by atoms with E-state index in [0.29, 0.717) is 27.9 Å². The maximum atomic E-state index is 9.40. The minimum atomic E-state index is 0.365. The number of aromatic nitrogens is 2. The van der Waals surface area contributed by atoms with E-state index in [1.54, 1.807) is 18.2 Å². The second kappa shape index (κ2) is 5.99. The molecule has 6 heteroatoms. The van der Waals surface area contributed by atoms with Crippen molar-refractivity contribution in [1.82, 2.24) is 9.55 Å². The largest absolute Gasteiger partial charge is 0.411 e. The van der Waals surface area contributed by atoms with Crippen LogP contribution in [0.15, 0.2) is 47.6 Å². The number of halogens is 2. The highest BCUT2D eigenvalue weighted by Gasteiger charge is 2.14. The number of hydrogen-bond donors (Lipinski definition) is 1. The van der Waals surface area contributed by atoms with Gasteiger partial charge in [-0.1, -0.05) is 40.5 Å². The molecule has 0 aliphatic heterocycles. The highest BCUT2D eigenvalue weighted by molar-refractivity contribution is 6.37. The highest BCUT2D eigenvalue weighted by Crippen LogP contribution is 2.23. The third kappa shape index (κ3) is 2.67. The van der Waals surface area contributed by atoms with Crippen LogP contribution in [0.25, 0.3) is 11.0 Å². The van der Waals surface area contributed by atoms with E-state index in [-0.39, 0.29) is 0 Å². The van der Waals surface area contributed by atoms with E-state index in [1.807, 2.05) is 35.8 Å². The van der Waals surface area contributed by atoms with Crippen molar-refractivity contribution in [3.63, 3.8) is 0 Å². The molecule has 0 amide bonds. The minimum absolute atomic E-state index is 0.365. The monoisotopic (exact) mass is 333 g/mol. The lowest BCUT2D eigenvalue weighted by atomic mass is 10.1. The molecular formula is C16H13Cl2N3O. The Bertz CT molecular complexity index is 871. The number of aryl methyl sites for hydroxylation is 1. The van der Waals surface area contributed by atoms with Gasteiger partial charge in [0.1, 0.15) is 11.5 Å². The predicted molar refractivity (Wildman–Crippen MR) is 89.3 cm³/mol. The molecule has 112 valence electrons. The summed E-state index contributed by atoms with van der Waals surface area (Å²) in [6.07, 6.45) is 0. The Labute approximate surface area is 137 Å². The summed E-state index contributed by atoms with van der Waals surface area (Å²) in [6.45, 7) is 2.28. The quantitative estimate of drug-likeness (QED) is 0.435. The van der Waals surface area contributed by atoms with Crippen LogP contribution in [0.2, 0.25) is 10.0 Å². The third-order valence-corrected chi connectivity index (χ3v) is 4.06. The lowest BCUT2D eigenvalue weighted by Gasteiger charge is -2.10. The molecule has 1 heterocycles. The van der Waals surface area contributed by atoms with Gasteiger partial charge in [-0.25, -0.2) is 4.98 Å². The molecule has 2 aromatic carbocycles. The van der Waals surface area contributed by atoms with E-state index in [4.69, 9.17) is 23.2 Å². The molecule has 0 saturated carbocycles. The highest BCUT2D eigenvalue weighted by atomic mass is 35.5.